The normalized spacial score (nSPS) is 11.1. The molecule has 0 aliphatic carbocycles. The summed E-state index contributed by atoms with van der Waals surface area (Å²) in [6.45, 7) is 4.13. The molecule has 0 aliphatic rings. The summed E-state index contributed by atoms with van der Waals surface area (Å²) in [6.07, 6.45) is 2.88. The summed E-state index contributed by atoms with van der Waals surface area (Å²) in [7, 11) is -2.00. The Morgan fingerprint density at radius 1 is 0.611 bits per heavy atom. The first-order valence-corrected chi connectivity index (χ1v) is 13.9. The van der Waals surface area contributed by atoms with Gasteiger partial charge in [0.15, 0.2) is 11.6 Å². The van der Waals surface area contributed by atoms with Crippen molar-refractivity contribution in [1.29, 1.82) is 0 Å². The van der Waals surface area contributed by atoms with E-state index in [9.17, 15) is 4.39 Å². The van der Waals surface area contributed by atoms with Gasteiger partial charge in [-0.1, -0.05) is 85.5 Å². The molecule has 36 heavy (non-hydrogen) atoms. The number of hydrogen-bond acceptors (Lipinski definition) is 1. The van der Waals surface area contributed by atoms with Crippen molar-refractivity contribution in [1.82, 2.24) is 0 Å². The first-order chi connectivity index (χ1) is 17.7. The van der Waals surface area contributed by atoms with Crippen LogP contribution in [-0.4, -0.2) is 6.16 Å². The SMILES string of the molecule is C=CC[P+](c1ccccc1)(c1ccccc1)c1cccc(-c2ccc(F)c(Oc3ccccc3)c2)c1. The Bertz CT molecular complexity index is 1410. The second-order valence-corrected chi connectivity index (χ2v) is 12.1. The molecule has 0 unspecified atom stereocenters. The molecule has 0 bridgehead atoms. The van der Waals surface area contributed by atoms with E-state index in [0.29, 0.717) is 5.75 Å². The molecule has 0 fully saturated rings. The van der Waals surface area contributed by atoms with E-state index in [4.69, 9.17) is 4.74 Å². The maximum atomic E-state index is 14.7. The molecule has 0 amide bonds. The lowest BCUT2D eigenvalue weighted by atomic mass is 10.1. The Hall–Kier alpha value is -4.00. The van der Waals surface area contributed by atoms with Crippen LogP contribution in [0.1, 0.15) is 0 Å². The summed E-state index contributed by atoms with van der Waals surface area (Å²) in [5, 5.41) is 3.87. The average Bonchev–Trinajstić information content (AvgIpc) is 2.94. The quantitative estimate of drug-likeness (QED) is 0.160. The minimum absolute atomic E-state index is 0.211. The summed E-state index contributed by atoms with van der Waals surface area (Å²) in [5.74, 6) is 0.426. The van der Waals surface area contributed by atoms with E-state index in [1.54, 1.807) is 6.07 Å². The van der Waals surface area contributed by atoms with Crippen molar-refractivity contribution in [2.24, 2.45) is 0 Å². The third-order valence-corrected chi connectivity index (χ3v) is 10.6. The number of benzene rings is 5. The summed E-state index contributed by atoms with van der Waals surface area (Å²) in [6, 6.07) is 44.4. The molecule has 3 heteroatoms. The van der Waals surface area contributed by atoms with Gasteiger partial charge in [-0.15, -0.1) is 0 Å². The van der Waals surface area contributed by atoms with Crippen LogP contribution in [-0.2, 0) is 0 Å². The van der Waals surface area contributed by atoms with Crippen molar-refractivity contribution in [3.05, 3.63) is 152 Å². The van der Waals surface area contributed by atoms with Gasteiger partial charge in [0.2, 0.25) is 0 Å². The summed E-state index contributed by atoms with van der Waals surface area (Å²) >= 11 is 0. The molecule has 0 N–H and O–H groups in total. The number of halogens is 1. The average molecular weight is 490 g/mol. The van der Waals surface area contributed by atoms with Crippen LogP contribution in [0.15, 0.2) is 146 Å². The molecule has 5 rings (SSSR count). The van der Waals surface area contributed by atoms with Gasteiger partial charge in [-0.3, -0.25) is 0 Å². The lowest BCUT2D eigenvalue weighted by Gasteiger charge is -2.27. The van der Waals surface area contributed by atoms with Crippen molar-refractivity contribution in [3.63, 3.8) is 0 Å². The Balaban J connectivity index is 1.63. The highest BCUT2D eigenvalue weighted by molar-refractivity contribution is 7.95. The minimum Gasteiger partial charge on any atom is -0.454 e. The lowest BCUT2D eigenvalue weighted by molar-refractivity contribution is 0.442. The van der Waals surface area contributed by atoms with E-state index < -0.39 is 7.26 Å². The molecule has 0 radical (unpaired) electrons. The smallest absolute Gasteiger partial charge is 0.165 e. The molecule has 5 aromatic rings. The van der Waals surface area contributed by atoms with E-state index in [0.717, 1.165) is 17.3 Å². The van der Waals surface area contributed by atoms with Crippen LogP contribution in [0.2, 0.25) is 0 Å². The van der Waals surface area contributed by atoms with Gasteiger partial charge in [-0.05, 0) is 71.8 Å². The van der Waals surface area contributed by atoms with Gasteiger partial charge >= 0.3 is 0 Å². The molecule has 5 aromatic carbocycles. The first kappa shape index (κ1) is 23.7. The van der Waals surface area contributed by atoms with Gasteiger partial charge in [-0.2, -0.15) is 0 Å². The second-order valence-electron chi connectivity index (χ2n) is 8.56. The van der Waals surface area contributed by atoms with Gasteiger partial charge in [0.05, 0.1) is 6.16 Å². The predicted molar refractivity (Wildman–Crippen MR) is 152 cm³/mol. The number of ether oxygens (including phenoxy) is 1. The summed E-state index contributed by atoms with van der Waals surface area (Å²) < 4.78 is 20.5. The molecular weight excluding hydrogens is 462 g/mol. The van der Waals surface area contributed by atoms with Gasteiger partial charge < -0.3 is 4.74 Å². The van der Waals surface area contributed by atoms with Crippen molar-refractivity contribution >= 4 is 23.2 Å². The maximum absolute atomic E-state index is 14.7. The molecule has 0 aliphatic heterocycles. The first-order valence-electron chi connectivity index (χ1n) is 11.9. The van der Waals surface area contributed by atoms with E-state index in [-0.39, 0.29) is 11.6 Å². The number of rotatable bonds is 8. The Kier molecular flexibility index (Phi) is 7.07. The third-order valence-electron chi connectivity index (χ3n) is 6.32. The molecular formula is C33H27FOP+. The summed E-state index contributed by atoms with van der Waals surface area (Å²) in [4.78, 5) is 0. The number of allylic oxidation sites excluding steroid dienone is 1. The Labute approximate surface area is 212 Å². The summed E-state index contributed by atoms with van der Waals surface area (Å²) in [5.41, 5.74) is 1.92. The standard InChI is InChI=1S/C33H27FOP/c1-2-23-36(29-16-8-4-9-17-29,30-18-10-5-11-19-30)31-20-12-13-26(24-31)27-21-22-32(34)33(25-27)35-28-14-6-3-7-15-28/h2-22,24-25H,1,23H2/q+1. The maximum Gasteiger partial charge on any atom is 0.165 e. The fourth-order valence-corrected chi connectivity index (χ4v) is 8.60. The van der Waals surface area contributed by atoms with E-state index in [1.165, 1.54) is 22.0 Å². The van der Waals surface area contributed by atoms with E-state index >= 15 is 0 Å². The van der Waals surface area contributed by atoms with E-state index in [1.807, 2.05) is 42.5 Å². The molecule has 176 valence electrons. The van der Waals surface area contributed by atoms with E-state index in [2.05, 4.69) is 91.5 Å². The molecule has 0 aromatic heterocycles. The monoisotopic (exact) mass is 489 g/mol. The highest BCUT2D eigenvalue weighted by Crippen LogP contribution is 2.55. The Morgan fingerprint density at radius 3 is 1.78 bits per heavy atom. The zero-order valence-electron chi connectivity index (χ0n) is 19.9. The van der Waals surface area contributed by atoms with Crippen LogP contribution in [0.5, 0.6) is 11.5 Å². The van der Waals surface area contributed by atoms with Crippen molar-refractivity contribution < 1.29 is 9.13 Å². The zero-order chi connectivity index (χ0) is 24.8. The molecule has 1 nitrogen and oxygen atoms in total. The highest BCUT2D eigenvalue weighted by Gasteiger charge is 2.44. The third kappa shape index (κ3) is 4.73. The Morgan fingerprint density at radius 2 is 1.17 bits per heavy atom. The van der Waals surface area contributed by atoms with Crippen LogP contribution < -0.4 is 20.7 Å². The molecule has 0 spiro atoms. The zero-order valence-corrected chi connectivity index (χ0v) is 20.8. The van der Waals surface area contributed by atoms with Gasteiger partial charge in [-0.25, -0.2) is 4.39 Å². The van der Waals surface area contributed by atoms with Crippen LogP contribution >= 0.6 is 7.26 Å². The molecule has 0 saturated heterocycles. The number of hydrogen-bond donors (Lipinski definition) is 0. The number of para-hydroxylation sites is 1. The topological polar surface area (TPSA) is 9.23 Å². The largest absolute Gasteiger partial charge is 0.454 e. The fourth-order valence-electron chi connectivity index (χ4n) is 4.62. The van der Waals surface area contributed by atoms with Crippen LogP contribution in [0.25, 0.3) is 11.1 Å². The van der Waals surface area contributed by atoms with Crippen LogP contribution in [0, 0.1) is 5.82 Å². The molecule has 0 atom stereocenters. The highest BCUT2D eigenvalue weighted by atomic mass is 31.2. The van der Waals surface area contributed by atoms with Gasteiger partial charge in [0, 0.05) is 0 Å². The molecule has 0 heterocycles. The van der Waals surface area contributed by atoms with Crippen molar-refractivity contribution in [2.45, 2.75) is 0 Å². The fraction of sp³-hybridized carbons (Fsp3) is 0.0303. The predicted octanol–water partition coefficient (Wildman–Crippen LogP) is 7.76. The van der Waals surface area contributed by atoms with Gasteiger partial charge in [0.25, 0.3) is 0 Å². The van der Waals surface area contributed by atoms with Gasteiger partial charge in [0.1, 0.15) is 28.9 Å². The van der Waals surface area contributed by atoms with Crippen molar-refractivity contribution in [2.75, 3.05) is 6.16 Å². The lowest BCUT2D eigenvalue weighted by Crippen LogP contribution is -2.33. The minimum atomic E-state index is -2.00. The second kappa shape index (κ2) is 10.7. The van der Waals surface area contributed by atoms with Crippen LogP contribution in [0.4, 0.5) is 4.39 Å². The van der Waals surface area contributed by atoms with Crippen molar-refractivity contribution in [3.8, 4) is 22.6 Å². The molecule has 0 saturated carbocycles. The van der Waals surface area contributed by atoms with Crippen LogP contribution in [0.3, 0.4) is 0 Å².